The second-order valence-electron chi connectivity index (χ2n) is 4.78. The van der Waals surface area contributed by atoms with Crippen LogP contribution in [0.1, 0.15) is 10.7 Å². The van der Waals surface area contributed by atoms with Crippen molar-refractivity contribution in [2.75, 3.05) is 11.1 Å². The Bertz CT molecular complexity index is 836. The number of anilines is 1. The summed E-state index contributed by atoms with van der Waals surface area (Å²) in [7, 11) is 0. The van der Waals surface area contributed by atoms with Gasteiger partial charge in [0, 0.05) is 16.3 Å². The maximum absolute atomic E-state index is 12.0. The molecule has 0 aliphatic rings. The van der Waals surface area contributed by atoms with Crippen molar-refractivity contribution in [3.63, 3.8) is 0 Å². The molecular weight excluding hydrogens is 387 g/mol. The highest BCUT2D eigenvalue weighted by molar-refractivity contribution is 7.99. The third-order valence-electron chi connectivity index (χ3n) is 2.97. The quantitative estimate of drug-likeness (QED) is 0.599. The Morgan fingerprint density at radius 3 is 3.00 bits per heavy atom. The fraction of sp³-hybridized carbons (Fsp3) is 0.133. The summed E-state index contributed by atoms with van der Waals surface area (Å²) in [5, 5.41) is 13.2. The molecule has 3 aromatic rings. The summed E-state index contributed by atoms with van der Waals surface area (Å²) in [4.78, 5) is 17.6. The number of aromatic amines is 1. The summed E-state index contributed by atoms with van der Waals surface area (Å²) >= 11 is 14.8. The lowest BCUT2D eigenvalue weighted by Gasteiger charge is -2.06. The summed E-state index contributed by atoms with van der Waals surface area (Å²) < 4.78 is 0. The lowest BCUT2D eigenvalue weighted by atomic mass is 10.3. The van der Waals surface area contributed by atoms with Crippen molar-refractivity contribution in [1.29, 1.82) is 0 Å². The minimum absolute atomic E-state index is 0.180. The third-order valence-corrected chi connectivity index (χ3v) is 5.26. The molecule has 0 atom stereocenters. The number of hydrogen-bond donors (Lipinski definition) is 2. The van der Waals surface area contributed by atoms with E-state index in [9.17, 15) is 4.79 Å². The molecule has 0 bridgehead atoms. The van der Waals surface area contributed by atoms with E-state index in [0.29, 0.717) is 27.3 Å². The molecule has 0 aliphatic heterocycles. The van der Waals surface area contributed by atoms with E-state index in [1.807, 2.05) is 17.5 Å². The van der Waals surface area contributed by atoms with E-state index in [2.05, 4.69) is 20.5 Å². The molecular formula is C15H12Cl2N4OS2. The van der Waals surface area contributed by atoms with Gasteiger partial charge in [0.05, 0.1) is 16.5 Å². The van der Waals surface area contributed by atoms with Gasteiger partial charge < -0.3 is 5.32 Å². The predicted molar refractivity (Wildman–Crippen MR) is 99.3 cm³/mol. The van der Waals surface area contributed by atoms with Crippen LogP contribution in [-0.2, 0) is 11.2 Å². The molecule has 0 fully saturated rings. The summed E-state index contributed by atoms with van der Waals surface area (Å²) in [6.45, 7) is 0. The van der Waals surface area contributed by atoms with Crippen LogP contribution < -0.4 is 5.32 Å². The van der Waals surface area contributed by atoms with Crippen LogP contribution in [0, 0.1) is 0 Å². The Labute approximate surface area is 156 Å². The number of hydrogen-bond acceptors (Lipinski definition) is 5. The van der Waals surface area contributed by atoms with Gasteiger partial charge >= 0.3 is 0 Å². The van der Waals surface area contributed by atoms with Crippen molar-refractivity contribution in [2.24, 2.45) is 0 Å². The van der Waals surface area contributed by atoms with Crippen molar-refractivity contribution in [1.82, 2.24) is 15.2 Å². The lowest BCUT2D eigenvalue weighted by molar-refractivity contribution is -0.113. The average molecular weight is 399 g/mol. The molecule has 0 aliphatic carbocycles. The molecule has 1 aromatic carbocycles. The number of thioether (sulfide) groups is 1. The van der Waals surface area contributed by atoms with E-state index >= 15 is 0 Å². The fourth-order valence-corrected chi connectivity index (χ4v) is 3.57. The number of aromatic nitrogens is 3. The number of benzene rings is 1. The second kappa shape index (κ2) is 8.02. The molecule has 9 heteroatoms. The summed E-state index contributed by atoms with van der Waals surface area (Å²) in [5.41, 5.74) is 0.489. The summed E-state index contributed by atoms with van der Waals surface area (Å²) in [5.74, 6) is 0.756. The summed E-state index contributed by atoms with van der Waals surface area (Å²) in [6.07, 6.45) is 0.704. The van der Waals surface area contributed by atoms with E-state index in [1.54, 1.807) is 29.5 Å². The van der Waals surface area contributed by atoms with E-state index < -0.39 is 0 Å². The van der Waals surface area contributed by atoms with Gasteiger partial charge in [0.25, 0.3) is 0 Å². The van der Waals surface area contributed by atoms with Gasteiger partial charge in [0.1, 0.15) is 5.82 Å². The minimum Gasteiger partial charge on any atom is -0.324 e. The number of carbonyl (C=O) groups excluding carboxylic acids is 1. The maximum atomic E-state index is 12.0. The molecule has 0 unspecified atom stereocenters. The van der Waals surface area contributed by atoms with Gasteiger partial charge in [0.2, 0.25) is 11.1 Å². The Morgan fingerprint density at radius 1 is 1.33 bits per heavy atom. The number of H-pyrrole nitrogens is 1. The molecule has 2 heterocycles. The normalized spacial score (nSPS) is 10.8. The van der Waals surface area contributed by atoms with E-state index in [0.717, 1.165) is 5.82 Å². The highest BCUT2D eigenvalue weighted by atomic mass is 35.5. The number of halogens is 2. The van der Waals surface area contributed by atoms with E-state index in [1.165, 1.54) is 16.6 Å². The third kappa shape index (κ3) is 4.73. The highest BCUT2D eigenvalue weighted by Crippen LogP contribution is 2.25. The van der Waals surface area contributed by atoms with Crippen molar-refractivity contribution in [2.45, 2.75) is 11.6 Å². The van der Waals surface area contributed by atoms with Crippen molar-refractivity contribution in [3.05, 3.63) is 56.5 Å². The van der Waals surface area contributed by atoms with Crippen LogP contribution in [0.2, 0.25) is 10.0 Å². The zero-order valence-corrected chi connectivity index (χ0v) is 15.4. The zero-order valence-electron chi connectivity index (χ0n) is 12.3. The average Bonchev–Trinajstić information content (AvgIpc) is 3.21. The first kappa shape index (κ1) is 17.3. The topological polar surface area (TPSA) is 70.7 Å². The number of amides is 1. The van der Waals surface area contributed by atoms with Crippen LogP contribution in [-0.4, -0.2) is 26.8 Å². The number of rotatable bonds is 6. The van der Waals surface area contributed by atoms with Gasteiger partial charge in [-0.2, -0.15) is 0 Å². The van der Waals surface area contributed by atoms with Crippen LogP contribution in [0.4, 0.5) is 5.69 Å². The van der Waals surface area contributed by atoms with Gasteiger partial charge in [-0.1, -0.05) is 41.0 Å². The van der Waals surface area contributed by atoms with E-state index in [4.69, 9.17) is 23.2 Å². The molecule has 24 heavy (non-hydrogen) atoms. The Morgan fingerprint density at radius 2 is 2.21 bits per heavy atom. The Kier molecular flexibility index (Phi) is 5.78. The van der Waals surface area contributed by atoms with Crippen LogP contribution >= 0.6 is 46.3 Å². The molecule has 3 rings (SSSR count). The van der Waals surface area contributed by atoms with Gasteiger partial charge in [-0.05, 0) is 29.6 Å². The van der Waals surface area contributed by atoms with Gasteiger partial charge in [-0.25, -0.2) is 4.98 Å². The minimum atomic E-state index is -0.200. The first-order valence-corrected chi connectivity index (χ1v) is 9.53. The molecule has 5 nitrogen and oxygen atoms in total. The van der Waals surface area contributed by atoms with Crippen LogP contribution in [0.25, 0.3) is 0 Å². The zero-order chi connectivity index (χ0) is 16.9. The summed E-state index contributed by atoms with van der Waals surface area (Å²) in [6, 6.07) is 8.95. The van der Waals surface area contributed by atoms with Crippen LogP contribution in [0.5, 0.6) is 0 Å². The number of nitrogens with one attached hydrogen (secondary N) is 2. The first-order valence-electron chi connectivity index (χ1n) is 6.91. The fourth-order valence-electron chi connectivity index (χ4n) is 1.91. The van der Waals surface area contributed by atoms with Crippen LogP contribution in [0.15, 0.2) is 40.9 Å². The first-order chi connectivity index (χ1) is 11.6. The van der Waals surface area contributed by atoms with E-state index in [-0.39, 0.29) is 11.7 Å². The number of carbonyl (C=O) groups is 1. The predicted octanol–water partition coefficient (Wildman–Crippen LogP) is 4.49. The lowest BCUT2D eigenvalue weighted by Crippen LogP contribution is -2.14. The van der Waals surface area contributed by atoms with Gasteiger partial charge in [-0.3, -0.25) is 9.89 Å². The standard InChI is InChI=1S/C15H12Cl2N4OS2/c16-9-3-4-11(17)12(6-9)18-14(22)8-24-15-19-13(20-21-15)7-10-2-1-5-23-10/h1-6H,7-8H2,(H,18,22)(H,19,20,21). The van der Waals surface area contributed by atoms with Gasteiger partial charge in [-0.15, -0.1) is 16.4 Å². The molecule has 2 N–H and O–H groups in total. The Hall–Kier alpha value is -1.54. The van der Waals surface area contributed by atoms with Crippen LogP contribution in [0.3, 0.4) is 0 Å². The Balaban J connectivity index is 1.53. The van der Waals surface area contributed by atoms with Gasteiger partial charge in [0.15, 0.2) is 0 Å². The molecule has 0 radical (unpaired) electrons. The smallest absolute Gasteiger partial charge is 0.234 e. The molecule has 1 amide bonds. The second-order valence-corrected chi connectivity index (χ2v) is 7.60. The molecule has 124 valence electrons. The van der Waals surface area contributed by atoms with Crippen molar-refractivity contribution in [3.8, 4) is 0 Å². The molecule has 0 spiro atoms. The molecule has 2 aromatic heterocycles. The van der Waals surface area contributed by atoms with Crippen molar-refractivity contribution >= 4 is 57.9 Å². The number of thiophene rings is 1. The largest absolute Gasteiger partial charge is 0.324 e. The molecule has 0 saturated heterocycles. The molecule has 0 saturated carbocycles. The number of nitrogens with zero attached hydrogens (tertiary/aromatic N) is 2. The maximum Gasteiger partial charge on any atom is 0.234 e. The SMILES string of the molecule is O=C(CSc1n[nH]c(Cc2cccs2)n1)Nc1cc(Cl)ccc1Cl. The highest BCUT2D eigenvalue weighted by Gasteiger charge is 2.10. The van der Waals surface area contributed by atoms with Crippen molar-refractivity contribution < 1.29 is 4.79 Å². The monoisotopic (exact) mass is 398 g/mol.